The maximum Gasteiger partial charge on any atom is 0.224 e. The molecule has 1 aromatic rings. The van der Waals surface area contributed by atoms with Gasteiger partial charge in [-0.3, -0.25) is 9.78 Å². The summed E-state index contributed by atoms with van der Waals surface area (Å²) < 4.78 is 0. The monoisotopic (exact) mass is 219 g/mol. The lowest BCUT2D eigenvalue weighted by Crippen LogP contribution is -2.33. The number of rotatable bonds is 6. The number of amides is 1. The van der Waals surface area contributed by atoms with Gasteiger partial charge < -0.3 is 10.6 Å². The van der Waals surface area contributed by atoms with Crippen LogP contribution in [-0.4, -0.2) is 30.0 Å². The number of hydrogen-bond donors (Lipinski definition) is 2. The fraction of sp³-hybridized carbons (Fsp3) is 0.500. The Hall–Kier alpha value is -1.42. The van der Waals surface area contributed by atoms with Gasteiger partial charge in [0.1, 0.15) is 0 Å². The van der Waals surface area contributed by atoms with Gasteiger partial charge in [0, 0.05) is 31.5 Å². The van der Waals surface area contributed by atoms with E-state index >= 15 is 0 Å². The Morgan fingerprint density at radius 2 is 2.31 bits per heavy atom. The van der Waals surface area contributed by atoms with E-state index in [-0.39, 0.29) is 5.91 Å². The maximum absolute atomic E-state index is 11.5. The standard InChI is InChI=1S/C12H17N3O/c16-12(8-10-2-1-5-13-9-10)15-7-6-14-11-3-4-11/h1-2,5,9,11,14H,3-4,6-8H2,(H,15,16). The summed E-state index contributed by atoms with van der Waals surface area (Å²) in [5.74, 6) is 0.0607. The molecule has 16 heavy (non-hydrogen) atoms. The van der Waals surface area contributed by atoms with Gasteiger partial charge in [-0.1, -0.05) is 6.07 Å². The molecule has 1 aliphatic carbocycles. The Morgan fingerprint density at radius 1 is 1.44 bits per heavy atom. The molecule has 0 bridgehead atoms. The van der Waals surface area contributed by atoms with Crippen LogP contribution in [0, 0.1) is 0 Å². The quantitative estimate of drug-likeness (QED) is 0.685. The van der Waals surface area contributed by atoms with Crippen molar-refractivity contribution in [3.63, 3.8) is 0 Å². The van der Waals surface area contributed by atoms with Crippen LogP contribution in [0.4, 0.5) is 0 Å². The van der Waals surface area contributed by atoms with E-state index in [1.807, 2.05) is 12.1 Å². The summed E-state index contributed by atoms with van der Waals surface area (Å²) in [6.45, 7) is 1.57. The predicted molar refractivity (Wildman–Crippen MR) is 62.0 cm³/mol. The summed E-state index contributed by atoms with van der Waals surface area (Å²) in [6.07, 6.45) is 6.41. The average Bonchev–Trinajstić information content (AvgIpc) is 3.10. The fourth-order valence-corrected chi connectivity index (χ4v) is 1.52. The second kappa shape index (κ2) is 5.61. The molecule has 1 heterocycles. The lowest BCUT2D eigenvalue weighted by molar-refractivity contribution is -0.120. The van der Waals surface area contributed by atoms with Crippen LogP contribution in [0.25, 0.3) is 0 Å². The first-order chi connectivity index (χ1) is 7.84. The number of nitrogens with one attached hydrogen (secondary N) is 2. The second-order valence-corrected chi connectivity index (χ2v) is 4.12. The summed E-state index contributed by atoms with van der Waals surface area (Å²) in [4.78, 5) is 15.5. The van der Waals surface area contributed by atoms with Gasteiger partial charge in [0.15, 0.2) is 0 Å². The molecule has 0 spiro atoms. The minimum Gasteiger partial charge on any atom is -0.355 e. The molecule has 1 aromatic heterocycles. The molecule has 0 radical (unpaired) electrons. The molecule has 0 atom stereocenters. The lowest BCUT2D eigenvalue weighted by Gasteiger charge is -2.05. The van der Waals surface area contributed by atoms with E-state index in [1.54, 1.807) is 12.4 Å². The van der Waals surface area contributed by atoms with Gasteiger partial charge in [-0.25, -0.2) is 0 Å². The largest absolute Gasteiger partial charge is 0.355 e. The molecule has 1 fully saturated rings. The van der Waals surface area contributed by atoms with E-state index in [9.17, 15) is 4.79 Å². The Bertz CT molecular complexity index is 335. The van der Waals surface area contributed by atoms with E-state index in [0.29, 0.717) is 19.0 Å². The normalized spacial score (nSPS) is 14.8. The molecular weight excluding hydrogens is 202 g/mol. The van der Waals surface area contributed by atoms with Crippen LogP contribution >= 0.6 is 0 Å². The van der Waals surface area contributed by atoms with Crippen LogP contribution in [0.2, 0.25) is 0 Å². The number of aromatic nitrogens is 1. The van der Waals surface area contributed by atoms with Crippen molar-refractivity contribution in [1.82, 2.24) is 15.6 Å². The van der Waals surface area contributed by atoms with Crippen molar-refractivity contribution in [2.45, 2.75) is 25.3 Å². The third-order valence-corrected chi connectivity index (χ3v) is 2.55. The molecule has 1 aliphatic rings. The highest BCUT2D eigenvalue weighted by Gasteiger charge is 2.19. The molecule has 0 saturated heterocycles. The molecule has 2 rings (SSSR count). The van der Waals surface area contributed by atoms with Crippen LogP contribution in [0.15, 0.2) is 24.5 Å². The number of pyridine rings is 1. The van der Waals surface area contributed by atoms with Gasteiger partial charge in [-0.05, 0) is 24.5 Å². The zero-order chi connectivity index (χ0) is 11.2. The van der Waals surface area contributed by atoms with Crippen molar-refractivity contribution in [2.24, 2.45) is 0 Å². The van der Waals surface area contributed by atoms with Crippen LogP contribution in [0.1, 0.15) is 18.4 Å². The topological polar surface area (TPSA) is 54.0 Å². The summed E-state index contributed by atoms with van der Waals surface area (Å²) in [5, 5.41) is 6.23. The molecule has 86 valence electrons. The van der Waals surface area contributed by atoms with Crippen molar-refractivity contribution in [3.05, 3.63) is 30.1 Å². The first-order valence-corrected chi connectivity index (χ1v) is 5.73. The van der Waals surface area contributed by atoms with Gasteiger partial charge in [0.25, 0.3) is 0 Å². The first-order valence-electron chi connectivity index (χ1n) is 5.73. The van der Waals surface area contributed by atoms with E-state index in [1.165, 1.54) is 12.8 Å². The highest BCUT2D eigenvalue weighted by Crippen LogP contribution is 2.17. The van der Waals surface area contributed by atoms with Gasteiger partial charge in [0.05, 0.1) is 6.42 Å². The van der Waals surface area contributed by atoms with Crippen molar-refractivity contribution in [1.29, 1.82) is 0 Å². The maximum atomic E-state index is 11.5. The van der Waals surface area contributed by atoms with Crippen molar-refractivity contribution >= 4 is 5.91 Å². The molecular formula is C12H17N3O. The molecule has 0 unspecified atom stereocenters. The third kappa shape index (κ3) is 3.98. The lowest BCUT2D eigenvalue weighted by atomic mass is 10.2. The van der Waals surface area contributed by atoms with Crippen LogP contribution < -0.4 is 10.6 Å². The Morgan fingerprint density at radius 3 is 3.00 bits per heavy atom. The second-order valence-electron chi connectivity index (χ2n) is 4.12. The van der Waals surface area contributed by atoms with E-state index in [2.05, 4.69) is 15.6 Å². The van der Waals surface area contributed by atoms with Gasteiger partial charge >= 0.3 is 0 Å². The van der Waals surface area contributed by atoms with Gasteiger partial charge in [-0.2, -0.15) is 0 Å². The summed E-state index contributed by atoms with van der Waals surface area (Å²) in [7, 11) is 0. The van der Waals surface area contributed by atoms with Gasteiger partial charge in [0.2, 0.25) is 5.91 Å². The van der Waals surface area contributed by atoms with Crippen LogP contribution in [0.3, 0.4) is 0 Å². The molecule has 4 heteroatoms. The highest BCUT2D eigenvalue weighted by molar-refractivity contribution is 5.78. The number of carbonyl (C=O) groups excluding carboxylic acids is 1. The van der Waals surface area contributed by atoms with Crippen molar-refractivity contribution in [3.8, 4) is 0 Å². The molecule has 0 aliphatic heterocycles. The molecule has 4 nitrogen and oxygen atoms in total. The van der Waals surface area contributed by atoms with E-state index < -0.39 is 0 Å². The molecule has 1 saturated carbocycles. The van der Waals surface area contributed by atoms with E-state index in [0.717, 1.165) is 12.1 Å². The zero-order valence-corrected chi connectivity index (χ0v) is 9.28. The number of carbonyl (C=O) groups is 1. The van der Waals surface area contributed by atoms with E-state index in [4.69, 9.17) is 0 Å². The predicted octanol–water partition coefficient (Wildman–Crippen LogP) is 0.492. The third-order valence-electron chi connectivity index (χ3n) is 2.55. The van der Waals surface area contributed by atoms with Crippen LogP contribution in [-0.2, 0) is 11.2 Å². The van der Waals surface area contributed by atoms with Crippen LogP contribution in [0.5, 0.6) is 0 Å². The van der Waals surface area contributed by atoms with Crippen molar-refractivity contribution in [2.75, 3.05) is 13.1 Å². The number of nitrogens with zero attached hydrogens (tertiary/aromatic N) is 1. The molecule has 1 amide bonds. The zero-order valence-electron chi connectivity index (χ0n) is 9.28. The molecule has 0 aromatic carbocycles. The minimum atomic E-state index is 0.0607. The Labute approximate surface area is 95.5 Å². The average molecular weight is 219 g/mol. The summed E-state index contributed by atoms with van der Waals surface area (Å²) >= 11 is 0. The van der Waals surface area contributed by atoms with Gasteiger partial charge in [-0.15, -0.1) is 0 Å². The minimum absolute atomic E-state index is 0.0607. The Kier molecular flexibility index (Phi) is 3.88. The highest BCUT2D eigenvalue weighted by atomic mass is 16.1. The summed E-state index contributed by atoms with van der Waals surface area (Å²) in [5.41, 5.74) is 0.954. The summed E-state index contributed by atoms with van der Waals surface area (Å²) in [6, 6.07) is 4.46. The van der Waals surface area contributed by atoms with Crippen molar-refractivity contribution < 1.29 is 4.79 Å². The first kappa shape index (κ1) is 11.1. The smallest absolute Gasteiger partial charge is 0.224 e. The Balaban J connectivity index is 1.60. The number of hydrogen-bond acceptors (Lipinski definition) is 3. The molecule has 2 N–H and O–H groups in total. The fourth-order valence-electron chi connectivity index (χ4n) is 1.52. The SMILES string of the molecule is O=C(Cc1cccnc1)NCCNC1CC1.